The summed E-state index contributed by atoms with van der Waals surface area (Å²) in [6, 6.07) is 0. The van der Waals surface area contributed by atoms with Crippen molar-refractivity contribution in [2.24, 2.45) is 5.92 Å². The Bertz CT molecular complexity index is 375. The van der Waals surface area contributed by atoms with Crippen molar-refractivity contribution in [1.82, 2.24) is 10.2 Å². The molecule has 1 saturated carbocycles. The predicted octanol–water partition coefficient (Wildman–Crippen LogP) is 4.41. The number of H-pyrrole nitrogens is 1. The summed E-state index contributed by atoms with van der Waals surface area (Å²) in [6.45, 7) is 4.49. The van der Waals surface area contributed by atoms with Crippen LogP contribution in [-0.4, -0.2) is 10.2 Å². The maximum atomic E-state index is 5.98. The molecule has 1 aliphatic carbocycles. The molecule has 0 unspecified atom stereocenters. The SMILES string of the molecule is CCCCC1CCC(c2[nH]nc(N)c2CCC)CC1. The van der Waals surface area contributed by atoms with E-state index < -0.39 is 0 Å². The maximum Gasteiger partial charge on any atom is 0.148 e. The molecule has 0 spiro atoms. The number of nitrogens with one attached hydrogen (secondary N) is 1. The van der Waals surface area contributed by atoms with E-state index >= 15 is 0 Å². The Morgan fingerprint density at radius 1 is 1.16 bits per heavy atom. The molecule has 0 aliphatic heterocycles. The van der Waals surface area contributed by atoms with Gasteiger partial charge in [-0.3, -0.25) is 5.10 Å². The Kier molecular flexibility index (Phi) is 5.29. The standard InChI is InChI=1S/C16H29N3/c1-3-5-7-12-8-10-13(11-9-12)15-14(6-4-2)16(17)19-18-15/h12-13H,3-11H2,1-2H3,(H3,17,18,19). The summed E-state index contributed by atoms with van der Waals surface area (Å²) in [5, 5.41) is 7.44. The van der Waals surface area contributed by atoms with Crippen molar-refractivity contribution in [3.8, 4) is 0 Å². The van der Waals surface area contributed by atoms with Crippen molar-refractivity contribution in [2.75, 3.05) is 5.73 Å². The first-order chi connectivity index (χ1) is 9.26. The lowest BCUT2D eigenvalue weighted by molar-refractivity contribution is 0.301. The summed E-state index contributed by atoms with van der Waals surface area (Å²) in [6.07, 6.45) is 11.8. The summed E-state index contributed by atoms with van der Waals surface area (Å²) in [5.41, 5.74) is 8.62. The van der Waals surface area contributed by atoms with Crippen LogP contribution in [0.25, 0.3) is 0 Å². The van der Waals surface area contributed by atoms with Crippen LogP contribution in [-0.2, 0) is 6.42 Å². The van der Waals surface area contributed by atoms with E-state index in [1.807, 2.05) is 0 Å². The highest BCUT2D eigenvalue weighted by molar-refractivity contribution is 5.43. The van der Waals surface area contributed by atoms with Crippen LogP contribution in [0, 0.1) is 5.92 Å². The third-order valence-electron chi connectivity index (χ3n) is 4.65. The molecule has 0 radical (unpaired) electrons. The number of nitrogens with two attached hydrogens (primary N) is 1. The Hall–Kier alpha value is -0.990. The highest BCUT2D eigenvalue weighted by Crippen LogP contribution is 2.39. The second kappa shape index (κ2) is 6.97. The normalized spacial score (nSPS) is 23.7. The fourth-order valence-corrected chi connectivity index (χ4v) is 3.48. The topological polar surface area (TPSA) is 54.7 Å². The number of hydrogen-bond acceptors (Lipinski definition) is 2. The van der Waals surface area contributed by atoms with Crippen LogP contribution in [0.2, 0.25) is 0 Å². The minimum Gasteiger partial charge on any atom is -0.382 e. The molecule has 1 aliphatic rings. The fraction of sp³-hybridized carbons (Fsp3) is 0.812. The molecule has 0 amide bonds. The van der Waals surface area contributed by atoms with Crippen molar-refractivity contribution < 1.29 is 0 Å². The summed E-state index contributed by atoms with van der Waals surface area (Å²) < 4.78 is 0. The first-order valence-corrected chi connectivity index (χ1v) is 8.08. The predicted molar refractivity (Wildman–Crippen MR) is 81.2 cm³/mol. The van der Waals surface area contributed by atoms with Crippen molar-refractivity contribution in [1.29, 1.82) is 0 Å². The zero-order valence-corrected chi connectivity index (χ0v) is 12.5. The van der Waals surface area contributed by atoms with Crippen LogP contribution in [0.15, 0.2) is 0 Å². The van der Waals surface area contributed by atoms with Crippen LogP contribution in [0.3, 0.4) is 0 Å². The van der Waals surface area contributed by atoms with Crippen molar-refractivity contribution in [2.45, 2.75) is 77.6 Å². The number of nitrogen functional groups attached to an aromatic ring is 1. The molecule has 2 rings (SSSR count). The zero-order valence-electron chi connectivity index (χ0n) is 12.5. The van der Waals surface area contributed by atoms with E-state index in [2.05, 4.69) is 24.0 Å². The Morgan fingerprint density at radius 2 is 1.89 bits per heavy atom. The molecular formula is C16H29N3. The zero-order chi connectivity index (χ0) is 13.7. The van der Waals surface area contributed by atoms with Crippen LogP contribution in [0.5, 0.6) is 0 Å². The average molecular weight is 263 g/mol. The lowest BCUT2D eigenvalue weighted by Crippen LogP contribution is -2.14. The van der Waals surface area contributed by atoms with E-state index in [-0.39, 0.29) is 0 Å². The van der Waals surface area contributed by atoms with Gasteiger partial charge in [0, 0.05) is 17.2 Å². The van der Waals surface area contributed by atoms with E-state index in [0.29, 0.717) is 5.92 Å². The van der Waals surface area contributed by atoms with Gasteiger partial charge in [-0.2, -0.15) is 5.10 Å². The van der Waals surface area contributed by atoms with Gasteiger partial charge < -0.3 is 5.73 Å². The maximum absolute atomic E-state index is 5.98. The van der Waals surface area contributed by atoms with Crippen LogP contribution in [0.4, 0.5) is 5.82 Å². The van der Waals surface area contributed by atoms with Gasteiger partial charge in [0.15, 0.2) is 0 Å². The minimum absolute atomic E-state index is 0.671. The molecule has 0 aromatic carbocycles. The molecular weight excluding hydrogens is 234 g/mol. The number of aromatic nitrogens is 2. The van der Waals surface area contributed by atoms with Crippen molar-refractivity contribution >= 4 is 5.82 Å². The van der Waals surface area contributed by atoms with Gasteiger partial charge in [-0.15, -0.1) is 0 Å². The Morgan fingerprint density at radius 3 is 2.53 bits per heavy atom. The fourth-order valence-electron chi connectivity index (χ4n) is 3.48. The lowest BCUT2D eigenvalue weighted by atomic mass is 9.77. The lowest BCUT2D eigenvalue weighted by Gasteiger charge is -2.28. The quantitative estimate of drug-likeness (QED) is 0.798. The number of hydrogen-bond donors (Lipinski definition) is 2. The minimum atomic E-state index is 0.671. The van der Waals surface area contributed by atoms with Gasteiger partial charge in [0.05, 0.1) is 0 Å². The molecule has 0 saturated heterocycles. The van der Waals surface area contributed by atoms with Crippen LogP contribution in [0.1, 0.15) is 82.4 Å². The Labute approximate surface area is 117 Å². The monoisotopic (exact) mass is 263 g/mol. The summed E-state index contributed by atoms with van der Waals surface area (Å²) in [7, 11) is 0. The van der Waals surface area contributed by atoms with Crippen LogP contribution >= 0.6 is 0 Å². The number of nitrogens with zero attached hydrogens (tertiary/aromatic N) is 1. The summed E-state index contributed by atoms with van der Waals surface area (Å²) in [5.74, 6) is 2.36. The first kappa shape index (κ1) is 14.4. The second-order valence-electron chi connectivity index (χ2n) is 6.11. The summed E-state index contributed by atoms with van der Waals surface area (Å²) >= 11 is 0. The van der Waals surface area contributed by atoms with Gasteiger partial charge in [0.1, 0.15) is 5.82 Å². The second-order valence-corrected chi connectivity index (χ2v) is 6.11. The molecule has 1 heterocycles. The van der Waals surface area contributed by atoms with Gasteiger partial charge in [-0.1, -0.05) is 39.5 Å². The van der Waals surface area contributed by atoms with Crippen molar-refractivity contribution in [3.05, 3.63) is 11.3 Å². The third kappa shape index (κ3) is 3.52. The number of rotatable bonds is 6. The van der Waals surface area contributed by atoms with E-state index in [1.54, 1.807) is 0 Å². The molecule has 3 heteroatoms. The molecule has 3 nitrogen and oxygen atoms in total. The van der Waals surface area contributed by atoms with E-state index in [0.717, 1.165) is 24.6 Å². The van der Waals surface area contributed by atoms with E-state index in [4.69, 9.17) is 5.73 Å². The molecule has 19 heavy (non-hydrogen) atoms. The number of aromatic amines is 1. The summed E-state index contributed by atoms with van der Waals surface area (Å²) in [4.78, 5) is 0. The molecule has 0 atom stereocenters. The molecule has 3 N–H and O–H groups in total. The smallest absolute Gasteiger partial charge is 0.148 e. The molecule has 0 bridgehead atoms. The van der Waals surface area contributed by atoms with Gasteiger partial charge >= 0.3 is 0 Å². The molecule has 1 fully saturated rings. The molecule has 1 aromatic heterocycles. The van der Waals surface area contributed by atoms with Gasteiger partial charge in [0.2, 0.25) is 0 Å². The highest BCUT2D eigenvalue weighted by Gasteiger charge is 2.25. The van der Waals surface area contributed by atoms with Gasteiger partial charge in [-0.25, -0.2) is 0 Å². The van der Waals surface area contributed by atoms with E-state index in [9.17, 15) is 0 Å². The number of unbranched alkanes of at least 4 members (excludes halogenated alkanes) is 1. The third-order valence-corrected chi connectivity index (χ3v) is 4.65. The number of anilines is 1. The molecule has 1 aromatic rings. The first-order valence-electron chi connectivity index (χ1n) is 8.08. The van der Waals surface area contributed by atoms with Gasteiger partial charge in [-0.05, 0) is 38.0 Å². The Balaban J connectivity index is 1.94. The molecule has 108 valence electrons. The average Bonchev–Trinajstić information content (AvgIpc) is 2.79. The highest BCUT2D eigenvalue weighted by atomic mass is 15.2. The largest absolute Gasteiger partial charge is 0.382 e. The van der Waals surface area contributed by atoms with Gasteiger partial charge in [0.25, 0.3) is 0 Å². The van der Waals surface area contributed by atoms with E-state index in [1.165, 1.54) is 56.2 Å². The van der Waals surface area contributed by atoms with Crippen molar-refractivity contribution in [3.63, 3.8) is 0 Å². The van der Waals surface area contributed by atoms with Crippen LogP contribution < -0.4 is 5.73 Å².